The van der Waals surface area contributed by atoms with Crippen molar-refractivity contribution in [2.24, 2.45) is 0 Å². The van der Waals surface area contributed by atoms with Crippen molar-refractivity contribution < 1.29 is 4.79 Å². The quantitative estimate of drug-likeness (QED) is 0.508. The third-order valence-electron chi connectivity index (χ3n) is 3.70. The van der Waals surface area contributed by atoms with Gasteiger partial charge in [-0.2, -0.15) is 0 Å². The monoisotopic (exact) mass is 432 g/mol. The summed E-state index contributed by atoms with van der Waals surface area (Å²) in [6.07, 6.45) is 0. The van der Waals surface area contributed by atoms with E-state index in [-0.39, 0.29) is 11.9 Å². The summed E-state index contributed by atoms with van der Waals surface area (Å²) in [6, 6.07) is 15.6. The molecule has 2 aromatic carbocycles. The van der Waals surface area contributed by atoms with Gasteiger partial charge < -0.3 is 5.32 Å². The first-order valence-corrected chi connectivity index (χ1v) is 10.5. The number of carbonyl (C=O) groups excluding carboxylic acids is 1. The number of thioether (sulfide) groups is 1. The molecule has 0 fully saturated rings. The van der Waals surface area contributed by atoms with Crippen LogP contribution in [0.25, 0.3) is 0 Å². The maximum atomic E-state index is 12.4. The van der Waals surface area contributed by atoms with Crippen molar-refractivity contribution in [3.63, 3.8) is 0 Å². The molecule has 3 aromatic rings. The number of hydrogen-bond donors (Lipinski definition) is 1. The Hall–Kier alpha value is -1.63. The zero-order chi connectivity index (χ0) is 17.6. The van der Waals surface area contributed by atoms with Crippen molar-refractivity contribution in [2.45, 2.75) is 23.6 Å². The molecule has 128 valence electrons. The molecule has 1 N–H and O–H groups in total. The molecule has 0 saturated carbocycles. The molecule has 0 aliphatic rings. The van der Waals surface area contributed by atoms with Crippen LogP contribution in [0.4, 0.5) is 0 Å². The molecule has 3 rings (SSSR count). The van der Waals surface area contributed by atoms with Crippen molar-refractivity contribution in [3.05, 3.63) is 80.7 Å². The molecule has 0 spiro atoms. The summed E-state index contributed by atoms with van der Waals surface area (Å²) in [4.78, 5) is 17.8. The number of nitrogens with zero attached hydrogens (tertiary/aromatic N) is 1. The van der Waals surface area contributed by atoms with E-state index in [2.05, 4.69) is 31.6 Å². The van der Waals surface area contributed by atoms with Crippen LogP contribution in [0.15, 0.2) is 68.8 Å². The second kappa shape index (κ2) is 8.65. The smallest absolute Gasteiger partial charge is 0.251 e. The fraction of sp³-hybridized carbons (Fsp3) is 0.158. The standard InChI is InChI=1S/C19H17BrN2OS2/c1-13(14-2-6-16(20)7-3-14)22-19(23)15-4-8-18(9-5-15)25-11-17-10-24-12-21-17/h2-10,12-13H,11H2,1H3,(H,22,23). The number of nitrogens with one attached hydrogen (secondary N) is 1. The van der Waals surface area contributed by atoms with Crippen molar-refractivity contribution in [1.82, 2.24) is 10.3 Å². The minimum absolute atomic E-state index is 0.0423. The molecule has 1 heterocycles. The van der Waals surface area contributed by atoms with Gasteiger partial charge in [0.25, 0.3) is 5.91 Å². The average molecular weight is 433 g/mol. The lowest BCUT2D eigenvalue weighted by Crippen LogP contribution is -2.26. The zero-order valence-electron chi connectivity index (χ0n) is 13.6. The SMILES string of the molecule is CC(NC(=O)c1ccc(SCc2cscn2)cc1)c1ccc(Br)cc1. The van der Waals surface area contributed by atoms with Gasteiger partial charge in [-0.3, -0.25) is 4.79 Å². The van der Waals surface area contributed by atoms with E-state index in [9.17, 15) is 4.79 Å². The van der Waals surface area contributed by atoms with Gasteiger partial charge in [-0.25, -0.2) is 4.98 Å². The van der Waals surface area contributed by atoms with Crippen molar-refractivity contribution in [2.75, 3.05) is 0 Å². The lowest BCUT2D eigenvalue weighted by molar-refractivity contribution is 0.0940. The van der Waals surface area contributed by atoms with Gasteiger partial charge >= 0.3 is 0 Å². The van der Waals surface area contributed by atoms with Crippen molar-refractivity contribution >= 4 is 44.9 Å². The second-order valence-corrected chi connectivity index (χ2v) is 8.22. The third-order valence-corrected chi connectivity index (χ3v) is 5.91. The maximum absolute atomic E-state index is 12.4. The molecule has 0 bridgehead atoms. The van der Waals surface area contributed by atoms with Gasteiger partial charge in [0.05, 0.1) is 17.2 Å². The molecule has 6 heteroatoms. The van der Waals surface area contributed by atoms with Crippen LogP contribution in [0, 0.1) is 0 Å². The first kappa shape index (κ1) is 18.2. The van der Waals surface area contributed by atoms with Crippen LogP contribution in [-0.4, -0.2) is 10.9 Å². The number of carbonyl (C=O) groups is 1. The third kappa shape index (κ3) is 5.17. The van der Waals surface area contributed by atoms with E-state index in [0.29, 0.717) is 5.56 Å². The van der Waals surface area contributed by atoms with E-state index in [1.54, 1.807) is 23.1 Å². The molecule has 1 unspecified atom stereocenters. The fourth-order valence-electron chi connectivity index (χ4n) is 2.28. The summed E-state index contributed by atoms with van der Waals surface area (Å²) in [6.45, 7) is 1.99. The van der Waals surface area contributed by atoms with E-state index < -0.39 is 0 Å². The molecule has 25 heavy (non-hydrogen) atoms. The Bertz CT molecular complexity index is 818. The normalized spacial score (nSPS) is 11.9. The van der Waals surface area contributed by atoms with Crippen LogP contribution in [0.1, 0.15) is 34.6 Å². The second-order valence-electron chi connectivity index (χ2n) is 5.54. The Morgan fingerprint density at radius 1 is 1.20 bits per heavy atom. The molecule has 0 saturated heterocycles. The Labute approximate surface area is 164 Å². The van der Waals surface area contributed by atoms with E-state index >= 15 is 0 Å². The van der Waals surface area contributed by atoms with E-state index in [1.165, 1.54) is 0 Å². The van der Waals surface area contributed by atoms with E-state index in [0.717, 1.165) is 26.4 Å². The van der Waals surface area contributed by atoms with E-state index in [1.807, 2.05) is 61.0 Å². The maximum Gasteiger partial charge on any atom is 0.251 e. The van der Waals surface area contributed by atoms with Crippen molar-refractivity contribution in [3.8, 4) is 0 Å². The van der Waals surface area contributed by atoms with Gasteiger partial charge in [-0.05, 0) is 48.9 Å². The number of halogens is 1. The molecule has 1 atom stereocenters. The summed E-state index contributed by atoms with van der Waals surface area (Å²) >= 11 is 6.75. The minimum Gasteiger partial charge on any atom is -0.346 e. The highest BCUT2D eigenvalue weighted by Crippen LogP contribution is 2.23. The van der Waals surface area contributed by atoms with Gasteiger partial charge in [0.1, 0.15) is 0 Å². The first-order chi connectivity index (χ1) is 12.1. The Morgan fingerprint density at radius 2 is 1.92 bits per heavy atom. The fourth-order valence-corrected chi connectivity index (χ4v) is 4.01. The summed E-state index contributed by atoms with van der Waals surface area (Å²) in [7, 11) is 0. The Morgan fingerprint density at radius 3 is 2.56 bits per heavy atom. The predicted octanol–water partition coefficient (Wildman–Crippen LogP) is 5.69. The molecular formula is C19H17BrN2OS2. The van der Waals surface area contributed by atoms with Gasteiger partial charge in [-0.1, -0.05) is 28.1 Å². The van der Waals surface area contributed by atoms with Crippen molar-refractivity contribution in [1.29, 1.82) is 0 Å². The molecule has 1 amide bonds. The number of rotatable bonds is 6. The largest absolute Gasteiger partial charge is 0.346 e. The minimum atomic E-state index is -0.0635. The number of hydrogen-bond acceptors (Lipinski definition) is 4. The highest BCUT2D eigenvalue weighted by atomic mass is 79.9. The zero-order valence-corrected chi connectivity index (χ0v) is 16.8. The highest BCUT2D eigenvalue weighted by molar-refractivity contribution is 9.10. The van der Waals surface area contributed by atoms with Crippen LogP contribution in [-0.2, 0) is 5.75 Å². The van der Waals surface area contributed by atoms with Crippen LogP contribution in [0.5, 0.6) is 0 Å². The lowest BCUT2D eigenvalue weighted by atomic mass is 10.1. The number of aromatic nitrogens is 1. The topological polar surface area (TPSA) is 42.0 Å². The Balaban J connectivity index is 1.57. The van der Waals surface area contributed by atoms with Crippen LogP contribution in [0.3, 0.4) is 0 Å². The van der Waals surface area contributed by atoms with Gasteiger partial charge in [0.2, 0.25) is 0 Å². The first-order valence-electron chi connectivity index (χ1n) is 7.78. The van der Waals surface area contributed by atoms with Crippen LogP contribution in [0.2, 0.25) is 0 Å². The number of benzene rings is 2. The molecule has 3 nitrogen and oxygen atoms in total. The summed E-state index contributed by atoms with van der Waals surface area (Å²) in [5.41, 5.74) is 4.67. The predicted molar refractivity (Wildman–Crippen MR) is 108 cm³/mol. The molecular weight excluding hydrogens is 416 g/mol. The number of thiazole rings is 1. The Kier molecular flexibility index (Phi) is 6.29. The van der Waals surface area contributed by atoms with Gasteiger partial charge in [0.15, 0.2) is 0 Å². The average Bonchev–Trinajstić information content (AvgIpc) is 3.14. The van der Waals surface area contributed by atoms with Gasteiger partial charge in [0, 0.05) is 26.1 Å². The van der Waals surface area contributed by atoms with E-state index in [4.69, 9.17) is 0 Å². The number of amides is 1. The van der Waals surface area contributed by atoms with Crippen LogP contribution >= 0.6 is 39.0 Å². The summed E-state index contributed by atoms with van der Waals surface area (Å²) in [5.74, 6) is 0.779. The lowest BCUT2D eigenvalue weighted by Gasteiger charge is -2.14. The molecule has 0 radical (unpaired) electrons. The summed E-state index contributed by atoms with van der Waals surface area (Å²) in [5, 5.41) is 5.09. The van der Waals surface area contributed by atoms with Gasteiger partial charge in [-0.15, -0.1) is 23.1 Å². The molecule has 0 aliphatic heterocycles. The highest BCUT2D eigenvalue weighted by Gasteiger charge is 2.11. The van der Waals surface area contributed by atoms with Crippen LogP contribution < -0.4 is 5.32 Å². The summed E-state index contributed by atoms with van der Waals surface area (Å²) < 4.78 is 1.03. The molecule has 0 aliphatic carbocycles. The molecule has 1 aromatic heterocycles.